The lowest BCUT2D eigenvalue weighted by atomic mass is 10.2. The largest absolute Gasteiger partial charge is 0.341 e. The molecule has 0 fully saturated rings. The van der Waals surface area contributed by atoms with E-state index in [1.807, 2.05) is 24.3 Å². The summed E-state index contributed by atoms with van der Waals surface area (Å²) in [5.41, 5.74) is 1.72. The number of carbonyl (C=O) groups excluding carboxylic acids is 1. The van der Waals surface area contributed by atoms with Gasteiger partial charge in [0.2, 0.25) is 17.6 Å². The molecule has 0 bridgehead atoms. The van der Waals surface area contributed by atoms with Crippen molar-refractivity contribution in [2.24, 2.45) is 0 Å². The number of hydrogen-bond donors (Lipinski definition) is 0. The zero-order valence-corrected chi connectivity index (χ0v) is 15.7. The highest BCUT2D eigenvalue weighted by Gasteiger charge is 2.13. The fraction of sp³-hybridized carbons (Fsp3) is 0.211. The number of amides is 1. The molecule has 0 spiro atoms. The van der Waals surface area contributed by atoms with Crippen molar-refractivity contribution in [2.75, 3.05) is 7.05 Å². The zero-order valence-electron chi connectivity index (χ0n) is 14.2. The molecular weight excluding hydrogens is 401 g/mol. The van der Waals surface area contributed by atoms with Crippen LogP contribution in [-0.4, -0.2) is 28.0 Å². The number of benzene rings is 2. The number of nitrogens with zero attached hydrogens (tertiary/aromatic N) is 3. The minimum Gasteiger partial charge on any atom is -0.341 e. The number of aryl methyl sites for hydroxylation is 1. The fourth-order valence-electron chi connectivity index (χ4n) is 2.43. The molecule has 1 heterocycles. The second-order valence-corrected chi connectivity index (χ2v) is 6.81. The predicted octanol–water partition coefficient (Wildman–Crippen LogP) is 4.23. The molecule has 0 N–H and O–H groups in total. The Morgan fingerprint density at radius 1 is 1.15 bits per heavy atom. The van der Waals surface area contributed by atoms with Gasteiger partial charge < -0.3 is 9.42 Å². The molecule has 3 rings (SSSR count). The minimum absolute atomic E-state index is 0.00514. The van der Waals surface area contributed by atoms with E-state index in [-0.39, 0.29) is 18.1 Å². The van der Waals surface area contributed by atoms with E-state index in [1.165, 1.54) is 12.1 Å². The summed E-state index contributed by atoms with van der Waals surface area (Å²) in [6.07, 6.45) is 0.635. The smallest absolute Gasteiger partial charge is 0.227 e. The summed E-state index contributed by atoms with van der Waals surface area (Å²) in [4.78, 5) is 18.2. The van der Waals surface area contributed by atoms with Crippen LogP contribution in [0, 0.1) is 5.82 Å². The SMILES string of the molecule is CN(Cc1ccc(Br)cc1)C(=O)CCc1nc(-c2ccc(F)cc2)no1. The van der Waals surface area contributed by atoms with Crippen LogP contribution in [0.2, 0.25) is 0 Å². The monoisotopic (exact) mass is 417 g/mol. The standard InChI is InChI=1S/C19H17BrFN3O2/c1-24(12-13-2-6-15(20)7-3-13)18(25)11-10-17-22-19(23-26-17)14-4-8-16(21)9-5-14/h2-9H,10-12H2,1H3. The first-order valence-electron chi connectivity index (χ1n) is 8.08. The summed E-state index contributed by atoms with van der Waals surface area (Å²) in [6, 6.07) is 13.7. The molecule has 5 nitrogen and oxygen atoms in total. The van der Waals surface area contributed by atoms with Crippen LogP contribution in [0.1, 0.15) is 17.9 Å². The lowest BCUT2D eigenvalue weighted by molar-refractivity contribution is -0.130. The normalized spacial score (nSPS) is 10.7. The van der Waals surface area contributed by atoms with Gasteiger partial charge in [0, 0.05) is 36.5 Å². The first-order valence-corrected chi connectivity index (χ1v) is 8.87. The summed E-state index contributed by atoms with van der Waals surface area (Å²) < 4.78 is 19.1. The van der Waals surface area contributed by atoms with Crippen molar-refractivity contribution in [1.82, 2.24) is 15.0 Å². The maximum Gasteiger partial charge on any atom is 0.227 e. The average molecular weight is 418 g/mol. The van der Waals surface area contributed by atoms with Gasteiger partial charge in [0.25, 0.3) is 0 Å². The lowest BCUT2D eigenvalue weighted by Gasteiger charge is -2.16. The maximum atomic E-state index is 13.0. The predicted molar refractivity (Wildman–Crippen MR) is 98.6 cm³/mol. The van der Waals surface area contributed by atoms with E-state index in [2.05, 4.69) is 26.1 Å². The van der Waals surface area contributed by atoms with Gasteiger partial charge in [-0.25, -0.2) is 4.39 Å². The van der Waals surface area contributed by atoms with Crippen LogP contribution in [-0.2, 0) is 17.8 Å². The lowest BCUT2D eigenvalue weighted by Crippen LogP contribution is -2.26. The van der Waals surface area contributed by atoms with Crippen LogP contribution < -0.4 is 0 Å². The van der Waals surface area contributed by atoms with Gasteiger partial charge in [-0.3, -0.25) is 4.79 Å². The van der Waals surface area contributed by atoms with Crippen LogP contribution in [0.3, 0.4) is 0 Å². The Kier molecular flexibility index (Phi) is 5.78. The molecule has 134 valence electrons. The Balaban J connectivity index is 1.54. The quantitative estimate of drug-likeness (QED) is 0.601. The van der Waals surface area contributed by atoms with E-state index in [0.29, 0.717) is 30.2 Å². The summed E-state index contributed by atoms with van der Waals surface area (Å²) in [7, 11) is 1.77. The molecule has 1 aromatic heterocycles. The summed E-state index contributed by atoms with van der Waals surface area (Å²) in [5, 5.41) is 3.88. The maximum absolute atomic E-state index is 13.0. The van der Waals surface area contributed by atoms with Gasteiger partial charge in [0.05, 0.1) is 0 Å². The third-order valence-corrected chi connectivity index (χ3v) is 4.41. The Labute approximate surface area is 159 Å². The highest BCUT2D eigenvalue weighted by atomic mass is 79.9. The van der Waals surface area contributed by atoms with E-state index >= 15 is 0 Å². The van der Waals surface area contributed by atoms with E-state index in [9.17, 15) is 9.18 Å². The molecule has 0 atom stereocenters. The molecular formula is C19H17BrFN3O2. The number of rotatable bonds is 6. The average Bonchev–Trinajstić information content (AvgIpc) is 3.11. The van der Waals surface area contributed by atoms with Crippen molar-refractivity contribution in [3.8, 4) is 11.4 Å². The molecule has 1 amide bonds. The van der Waals surface area contributed by atoms with Crippen molar-refractivity contribution in [3.05, 3.63) is 70.3 Å². The van der Waals surface area contributed by atoms with Crippen LogP contribution in [0.25, 0.3) is 11.4 Å². The molecule has 7 heteroatoms. The van der Waals surface area contributed by atoms with Crippen LogP contribution in [0.15, 0.2) is 57.5 Å². The van der Waals surface area contributed by atoms with Crippen LogP contribution in [0.4, 0.5) is 4.39 Å². The summed E-state index contributed by atoms with van der Waals surface area (Å²) in [6.45, 7) is 0.538. The van der Waals surface area contributed by atoms with Crippen molar-refractivity contribution >= 4 is 21.8 Å². The molecule has 0 saturated carbocycles. The van der Waals surface area contributed by atoms with Crippen molar-refractivity contribution < 1.29 is 13.7 Å². The van der Waals surface area contributed by atoms with Gasteiger partial charge in [-0.15, -0.1) is 0 Å². The Bertz CT molecular complexity index is 879. The molecule has 0 aliphatic heterocycles. The minimum atomic E-state index is -0.322. The number of carbonyl (C=O) groups is 1. The van der Waals surface area contributed by atoms with Gasteiger partial charge >= 0.3 is 0 Å². The highest BCUT2D eigenvalue weighted by molar-refractivity contribution is 9.10. The third-order valence-electron chi connectivity index (χ3n) is 3.88. The van der Waals surface area contributed by atoms with Crippen LogP contribution in [0.5, 0.6) is 0 Å². The summed E-state index contributed by atoms with van der Waals surface area (Å²) in [5.74, 6) is 0.441. The van der Waals surface area contributed by atoms with Gasteiger partial charge in [-0.1, -0.05) is 33.2 Å². The topological polar surface area (TPSA) is 59.2 Å². The Morgan fingerprint density at radius 2 is 1.85 bits per heavy atom. The van der Waals surface area contributed by atoms with E-state index in [1.54, 1.807) is 24.1 Å². The molecule has 2 aromatic carbocycles. The Hall–Kier alpha value is -2.54. The van der Waals surface area contributed by atoms with E-state index in [4.69, 9.17) is 4.52 Å². The molecule has 0 unspecified atom stereocenters. The van der Waals surface area contributed by atoms with Gasteiger partial charge in [0.1, 0.15) is 5.82 Å². The first kappa shape index (κ1) is 18.3. The molecule has 0 saturated heterocycles. The molecule has 0 aliphatic rings. The zero-order chi connectivity index (χ0) is 18.5. The second kappa shape index (κ2) is 8.23. The number of halogens is 2. The number of hydrogen-bond acceptors (Lipinski definition) is 4. The van der Waals surface area contributed by atoms with Crippen molar-refractivity contribution in [3.63, 3.8) is 0 Å². The Morgan fingerprint density at radius 3 is 2.54 bits per heavy atom. The molecule has 26 heavy (non-hydrogen) atoms. The van der Waals surface area contributed by atoms with E-state index < -0.39 is 0 Å². The molecule has 0 radical (unpaired) electrons. The van der Waals surface area contributed by atoms with Crippen molar-refractivity contribution in [2.45, 2.75) is 19.4 Å². The molecule has 3 aromatic rings. The number of aromatic nitrogens is 2. The van der Waals surface area contributed by atoms with Crippen molar-refractivity contribution in [1.29, 1.82) is 0 Å². The molecule has 0 aliphatic carbocycles. The fourth-order valence-corrected chi connectivity index (χ4v) is 2.69. The van der Waals surface area contributed by atoms with Gasteiger partial charge in [-0.2, -0.15) is 4.98 Å². The van der Waals surface area contributed by atoms with Gasteiger partial charge in [-0.05, 0) is 42.0 Å². The van der Waals surface area contributed by atoms with Gasteiger partial charge in [0.15, 0.2) is 0 Å². The highest BCUT2D eigenvalue weighted by Crippen LogP contribution is 2.17. The summed E-state index contributed by atoms with van der Waals surface area (Å²) >= 11 is 3.39. The van der Waals surface area contributed by atoms with E-state index in [0.717, 1.165) is 10.0 Å². The first-order chi connectivity index (χ1) is 12.5. The third kappa shape index (κ3) is 4.76. The van der Waals surface area contributed by atoms with Crippen LogP contribution >= 0.6 is 15.9 Å². The second-order valence-electron chi connectivity index (χ2n) is 5.89.